The van der Waals surface area contributed by atoms with Crippen LogP contribution in [0.25, 0.3) is 10.8 Å². The van der Waals surface area contributed by atoms with Gasteiger partial charge in [0.05, 0.1) is 24.9 Å². The number of likely N-dealkylation sites (N-methyl/N-ethyl adjacent to an activating group) is 1. The molecule has 2 N–H and O–H groups in total. The van der Waals surface area contributed by atoms with Crippen LogP contribution in [0.3, 0.4) is 0 Å². The normalized spacial score (nSPS) is 16.7. The number of piperazine rings is 1. The number of phenols is 1. The fourth-order valence-electron chi connectivity index (χ4n) is 5.23. The number of fused-ring (bicyclic) bond motifs is 2. The first-order valence-electron chi connectivity index (χ1n) is 13.3. The van der Waals surface area contributed by atoms with E-state index in [1.54, 1.807) is 6.07 Å². The lowest BCUT2D eigenvalue weighted by Gasteiger charge is -2.38. The second-order valence-electron chi connectivity index (χ2n) is 10.2. The molecule has 3 heterocycles. The number of hydrogen-bond acceptors (Lipinski definition) is 10. The van der Waals surface area contributed by atoms with Crippen LogP contribution < -0.4 is 14.5 Å². The lowest BCUT2D eigenvalue weighted by Crippen LogP contribution is -2.45. The number of anilines is 2. The zero-order valence-electron chi connectivity index (χ0n) is 22.5. The Morgan fingerprint density at radius 3 is 2.62 bits per heavy atom. The topological polar surface area (TPSA) is 106 Å². The lowest BCUT2D eigenvalue weighted by molar-refractivity contribution is -0.104. The summed E-state index contributed by atoms with van der Waals surface area (Å²) < 4.78 is 6.05. The maximum absolute atomic E-state index is 10.7. The van der Waals surface area contributed by atoms with Crippen LogP contribution in [-0.4, -0.2) is 102 Å². The number of aromatic hydroxyl groups is 1. The Morgan fingerprint density at radius 2 is 1.87 bits per heavy atom. The van der Waals surface area contributed by atoms with Gasteiger partial charge < -0.3 is 34.5 Å². The van der Waals surface area contributed by atoms with E-state index in [2.05, 4.69) is 20.8 Å². The third-order valence-corrected chi connectivity index (χ3v) is 7.52. The molecular formula is C29H36N6O4. The highest BCUT2D eigenvalue weighted by Crippen LogP contribution is 2.36. The number of hydrogen-bond donors (Lipinski definition) is 2. The van der Waals surface area contributed by atoms with Crippen LogP contribution in [0, 0.1) is 0 Å². The molecule has 2 aromatic carbocycles. The van der Waals surface area contributed by atoms with E-state index in [1.165, 1.54) is 6.08 Å². The van der Waals surface area contributed by atoms with Gasteiger partial charge in [0, 0.05) is 61.6 Å². The number of ether oxygens (including phenoxy) is 1. The van der Waals surface area contributed by atoms with E-state index in [0.29, 0.717) is 12.6 Å². The van der Waals surface area contributed by atoms with E-state index in [4.69, 9.17) is 14.7 Å². The number of allylic oxidation sites excluding steroid dienone is 1. The van der Waals surface area contributed by atoms with Gasteiger partial charge in [0.2, 0.25) is 0 Å². The van der Waals surface area contributed by atoms with E-state index in [-0.39, 0.29) is 25.0 Å². The van der Waals surface area contributed by atoms with Crippen molar-refractivity contribution >= 4 is 28.6 Å². The first kappa shape index (κ1) is 26.7. The molecule has 39 heavy (non-hydrogen) atoms. The first-order valence-corrected chi connectivity index (χ1v) is 13.3. The third-order valence-electron chi connectivity index (χ3n) is 7.52. The van der Waals surface area contributed by atoms with Gasteiger partial charge in [0.15, 0.2) is 0 Å². The van der Waals surface area contributed by atoms with Crippen molar-refractivity contribution in [2.24, 2.45) is 0 Å². The van der Waals surface area contributed by atoms with E-state index >= 15 is 0 Å². The Labute approximate surface area is 228 Å². The van der Waals surface area contributed by atoms with Crippen molar-refractivity contribution in [1.29, 1.82) is 0 Å². The van der Waals surface area contributed by atoms with E-state index in [0.717, 1.165) is 79.0 Å². The van der Waals surface area contributed by atoms with Gasteiger partial charge in [-0.25, -0.2) is 0 Å². The number of aliphatic hydroxyl groups is 1. The second-order valence-corrected chi connectivity index (χ2v) is 10.2. The summed E-state index contributed by atoms with van der Waals surface area (Å²) in [5.74, 6) is 1.13. The van der Waals surface area contributed by atoms with Crippen molar-refractivity contribution < 1.29 is 19.7 Å². The molecule has 0 unspecified atom stereocenters. The fourth-order valence-corrected chi connectivity index (χ4v) is 5.23. The molecule has 2 aliphatic rings. The third kappa shape index (κ3) is 5.91. The Morgan fingerprint density at radius 1 is 1.08 bits per heavy atom. The van der Waals surface area contributed by atoms with Crippen LogP contribution in [0.4, 0.5) is 11.5 Å². The van der Waals surface area contributed by atoms with Gasteiger partial charge in [0.1, 0.15) is 24.5 Å². The number of rotatable bonds is 9. The summed E-state index contributed by atoms with van der Waals surface area (Å²) in [6.45, 7) is 4.68. The minimum Gasteiger partial charge on any atom is -0.508 e. The smallest absolute Gasteiger partial charge is 0.318 e. The number of phenolic OH excluding ortho intramolecular Hbond substituents is 1. The van der Waals surface area contributed by atoms with Crippen LogP contribution in [-0.2, 0) is 17.8 Å². The predicted molar refractivity (Wildman–Crippen MR) is 151 cm³/mol. The molecule has 10 nitrogen and oxygen atoms in total. The number of aldehydes is 1. The monoisotopic (exact) mass is 532 g/mol. The van der Waals surface area contributed by atoms with Crippen LogP contribution >= 0.6 is 0 Å². The summed E-state index contributed by atoms with van der Waals surface area (Å²) >= 11 is 0. The Kier molecular flexibility index (Phi) is 8.13. The SMILES string of the molecule is CN(C)[C@@H](CO)COc1nc2c(c(N3CCN(C=CC=O)CC3)n1)CCN(c1cc(O)cc3ccccc13)C2. The summed E-state index contributed by atoms with van der Waals surface area (Å²) in [5.41, 5.74) is 3.00. The van der Waals surface area contributed by atoms with E-state index < -0.39 is 0 Å². The van der Waals surface area contributed by atoms with Gasteiger partial charge in [-0.05, 0) is 38.0 Å². The average Bonchev–Trinajstić information content (AvgIpc) is 2.95. The molecule has 0 bridgehead atoms. The molecule has 1 aromatic heterocycles. The average molecular weight is 533 g/mol. The number of benzene rings is 2. The van der Waals surface area contributed by atoms with Crippen molar-refractivity contribution in [3.63, 3.8) is 0 Å². The molecule has 10 heteroatoms. The van der Waals surface area contributed by atoms with Crippen molar-refractivity contribution in [3.8, 4) is 11.8 Å². The van der Waals surface area contributed by atoms with Gasteiger partial charge in [-0.2, -0.15) is 9.97 Å². The minimum absolute atomic E-state index is 0.0284. The maximum Gasteiger partial charge on any atom is 0.318 e. The predicted octanol–water partition coefficient (Wildman–Crippen LogP) is 2.03. The summed E-state index contributed by atoms with van der Waals surface area (Å²) in [7, 11) is 3.80. The van der Waals surface area contributed by atoms with Crippen molar-refractivity contribution in [2.75, 3.05) is 69.8 Å². The molecule has 2 aliphatic heterocycles. The number of carbonyl (C=O) groups excluding carboxylic acids is 1. The molecule has 0 spiro atoms. The molecule has 0 radical (unpaired) electrons. The molecule has 1 fully saturated rings. The van der Waals surface area contributed by atoms with Gasteiger partial charge in [-0.15, -0.1) is 0 Å². The standard InChI is InChI=1S/C29H36N6O4/c1-32(2)22(19-37)20-39-29-30-26-18-35(27-17-23(38)16-21-6-3-4-7-24(21)27)10-8-25(26)28(31-29)34-13-11-33(12-14-34)9-5-15-36/h3-7,9,15-17,22,37-38H,8,10-14,18-20H2,1-2H3/t22-/m0/s1. The Hall–Kier alpha value is -3.89. The molecule has 0 aliphatic carbocycles. The number of aliphatic hydroxyl groups excluding tert-OH is 1. The van der Waals surface area contributed by atoms with Crippen LogP contribution in [0.2, 0.25) is 0 Å². The molecule has 0 saturated carbocycles. The largest absolute Gasteiger partial charge is 0.508 e. The molecule has 3 aromatic rings. The highest BCUT2D eigenvalue weighted by Gasteiger charge is 2.28. The van der Waals surface area contributed by atoms with E-state index in [9.17, 15) is 15.0 Å². The zero-order valence-corrected chi connectivity index (χ0v) is 22.5. The van der Waals surface area contributed by atoms with Gasteiger partial charge in [0.25, 0.3) is 0 Å². The van der Waals surface area contributed by atoms with Crippen molar-refractivity contribution in [1.82, 2.24) is 19.8 Å². The zero-order chi connectivity index (χ0) is 27.4. The molecule has 5 rings (SSSR count). The fraction of sp³-hybridized carbons (Fsp3) is 0.414. The summed E-state index contributed by atoms with van der Waals surface area (Å²) in [6, 6.07) is 11.8. The molecule has 0 amide bonds. The number of aromatic nitrogens is 2. The van der Waals surface area contributed by atoms with Crippen LogP contribution in [0.1, 0.15) is 11.3 Å². The Bertz CT molecular complexity index is 1340. The first-order chi connectivity index (χ1) is 19.0. The summed E-state index contributed by atoms with van der Waals surface area (Å²) in [4.78, 5) is 29.0. The summed E-state index contributed by atoms with van der Waals surface area (Å²) in [6.07, 6.45) is 4.92. The highest BCUT2D eigenvalue weighted by atomic mass is 16.5. The van der Waals surface area contributed by atoms with Gasteiger partial charge in [-0.3, -0.25) is 4.79 Å². The molecule has 206 valence electrons. The molecule has 1 atom stereocenters. The number of carbonyl (C=O) groups is 1. The van der Waals surface area contributed by atoms with Crippen molar-refractivity contribution in [3.05, 3.63) is 59.9 Å². The maximum atomic E-state index is 10.7. The van der Waals surface area contributed by atoms with Crippen LogP contribution in [0.5, 0.6) is 11.8 Å². The van der Waals surface area contributed by atoms with Crippen LogP contribution in [0.15, 0.2) is 48.7 Å². The van der Waals surface area contributed by atoms with Crippen molar-refractivity contribution in [2.45, 2.75) is 19.0 Å². The van der Waals surface area contributed by atoms with Gasteiger partial charge in [-0.1, -0.05) is 24.3 Å². The summed E-state index contributed by atoms with van der Waals surface area (Å²) in [5, 5.41) is 22.3. The van der Waals surface area contributed by atoms with E-state index in [1.807, 2.05) is 49.5 Å². The van der Waals surface area contributed by atoms with Gasteiger partial charge >= 0.3 is 6.01 Å². The minimum atomic E-state index is -0.170. The number of nitrogens with zero attached hydrogens (tertiary/aromatic N) is 6. The molecule has 1 saturated heterocycles. The second kappa shape index (κ2) is 11.9. The quantitative estimate of drug-likeness (QED) is 0.314. The molecular weight excluding hydrogens is 496 g/mol. The lowest BCUT2D eigenvalue weighted by atomic mass is 10.0. The highest BCUT2D eigenvalue weighted by molar-refractivity contribution is 5.95. The Balaban J connectivity index is 1.46.